The van der Waals surface area contributed by atoms with Crippen molar-refractivity contribution in [3.05, 3.63) is 46.5 Å². The molecule has 1 saturated heterocycles. The maximum atomic E-state index is 13.3. The summed E-state index contributed by atoms with van der Waals surface area (Å²) >= 11 is 1.16. The van der Waals surface area contributed by atoms with Crippen LogP contribution in [-0.4, -0.2) is 45.5 Å². The van der Waals surface area contributed by atoms with E-state index in [0.29, 0.717) is 24.3 Å². The first-order chi connectivity index (χ1) is 16.2. The number of carbonyl (C=O) groups is 2. The molecule has 180 valence electrons. The number of carbonyl (C=O) groups excluding carboxylic acids is 2. The molecule has 0 bridgehead atoms. The molecule has 2 N–H and O–H groups in total. The highest BCUT2D eigenvalue weighted by Crippen LogP contribution is 2.29. The Morgan fingerprint density at radius 2 is 1.97 bits per heavy atom. The van der Waals surface area contributed by atoms with E-state index in [1.165, 1.54) is 6.33 Å². The zero-order valence-electron chi connectivity index (χ0n) is 18.7. The number of aromatic nitrogens is 3. The van der Waals surface area contributed by atoms with Gasteiger partial charge in [-0.2, -0.15) is 4.98 Å². The Hall–Kier alpha value is -3.41. The van der Waals surface area contributed by atoms with Crippen LogP contribution in [0.25, 0.3) is 10.3 Å². The number of nitrogens with zero attached hydrogens (tertiary/aromatic N) is 4. The SMILES string of the molecule is CC(C)NC(=O)[C@@H]1CCCN(c2nc3ncn(CC(=O)Nc4cc(F)cc(F)c4)c(=O)c3s2)C1. The number of hydrogen-bond donors (Lipinski definition) is 2. The van der Waals surface area contributed by atoms with Crippen LogP contribution in [-0.2, 0) is 16.1 Å². The fraction of sp³-hybridized carbons (Fsp3) is 0.409. The van der Waals surface area contributed by atoms with Crippen LogP contribution in [0.1, 0.15) is 26.7 Å². The minimum Gasteiger partial charge on any atom is -0.354 e. The molecular weight excluding hydrogens is 466 g/mol. The van der Waals surface area contributed by atoms with Crippen LogP contribution in [0.2, 0.25) is 0 Å². The molecule has 1 aliphatic rings. The number of amides is 2. The number of benzene rings is 1. The van der Waals surface area contributed by atoms with Crippen LogP contribution in [0, 0.1) is 17.6 Å². The van der Waals surface area contributed by atoms with Gasteiger partial charge in [-0.3, -0.25) is 19.0 Å². The van der Waals surface area contributed by atoms with E-state index < -0.39 is 23.1 Å². The highest BCUT2D eigenvalue weighted by molar-refractivity contribution is 7.22. The van der Waals surface area contributed by atoms with E-state index in [4.69, 9.17) is 0 Å². The van der Waals surface area contributed by atoms with Crippen LogP contribution in [0.5, 0.6) is 0 Å². The standard InChI is InChI=1S/C22H24F2N6O3S/c1-12(2)26-20(32)13-4-3-5-29(9-13)22-28-19-18(34-22)21(33)30(11-25-19)10-17(31)27-16-7-14(23)6-15(24)8-16/h6-8,11-13H,3-5,9-10H2,1-2H3,(H,26,32)(H,27,31)/t13-/m1/s1. The molecular formula is C22H24F2N6O3S. The molecule has 0 unspecified atom stereocenters. The summed E-state index contributed by atoms with van der Waals surface area (Å²) in [5.41, 5.74) is -0.228. The smallest absolute Gasteiger partial charge is 0.273 e. The van der Waals surface area contributed by atoms with Crippen molar-refractivity contribution in [1.29, 1.82) is 0 Å². The lowest BCUT2D eigenvalue weighted by molar-refractivity contribution is -0.125. The molecule has 3 heterocycles. The summed E-state index contributed by atoms with van der Waals surface area (Å²) < 4.78 is 28.1. The first-order valence-corrected chi connectivity index (χ1v) is 11.7. The van der Waals surface area contributed by atoms with Crippen molar-refractivity contribution in [3.63, 3.8) is 0 Å². The van der Waals surface area contributed by atoms with Crippen molar-refractivity contribution in [2.24, 2.45) is 5.92 Å². The Bertz CT molecular complexity index is 1270. The van der Waals surface area contributed by atoms with Gasteiger partial charge >= 0.3 is 0 Å². The largest absolute Gasteiger partial charge is 0.354 e. The lowest BCUT2D eigenvalue weighted by atomic mass is 9.97. The molecule has 2 amide bonds. The molecule has 1 aliphatic heterocycles. The number of hydrogen-bond acceptors (Lipinski definition) is 7. The van der Waals surface area contributed by atoms with E-state index in [1.807, 2.05) is 18.7 Å². The van der Waals surface area contributed by atoms with Gasteiger partial charge in [-0.1, -0.05) is 11.3 Å². The summed E-state index contributed by atoms with van der Waals surface area (Å²) in [6, 6.07) is 2.72. The van der Waals surface area contributed by atoms with Crippen LogP contribution < -0.4 is 21.1 Å². The highest BCUT2D eigenvalue weighted by Gasteiger charge is 2.28. The molecule has 2 aromatic heterocycles. The molecule has 0 aliphatic carbocycles. The van der Waals surface area contributed by atoms with E-state index >= 15 is 0 Å². The van der Waals surface area contributed by atoms with Crippen molar-refractivity contribution >= 4 is 44.3 Å². The van der Waals surface area contributed by atoms with Crippen LogP contribution in [0.3, 0.4) is 0 Å². The summed E-state index contributed by atoms with van der Waals surface area (Å²) in [7, 11) is 0. The highest BCUT2D eigenvalue weighted by atomic mass is 32.1. The van der Waals surface area contributed by atoms with Gasteiger partial charge in [0, 0.05) is 30.9 Å². The Morgan fingerprint density at radius 1 is 1.24 bits per heavy atom. The molecule has 34 heavy (non-hydrogen) atoms. The minimum absolute atomic E-state index is 0.00508. The quantitative estimate of drug-likeness (QED) is 0.550. The predicted molar refractivity (Wildman–Crippen MR) is 125 cm³/mol. The number of piperidine rings is 1. The van der Waals surface area contributed by atoms with Gasteiger partial charge in [0.1, 0.15) is 29.2 Å². The monoisotopic (exact) mass is 490 g/mol. The Balaban J connectivity index is 1.49. The van der Waals surface area contributed by atoms with Gasteiger partial charge in [0.2, 0.25) is 11.8 Å². The summed E-state index contributed by atoms with van der Waals surface area (Å²) in [6.45, 7) is 4.67. The van der Waals surface area contributed by atoms with Crippen molar-refractivity contribution in [1.82, 2.24) is 19.9 Å². The number of anilines is 2. The number of rotatable bonds is 6. The van der Waals surface area contributed by atoms with Crippen LogP contribution >= 0.6 is 11.3 Å². The van der Waals surface area contributed by atoms with Gasteiger partial charge in [-0.05, 0) is 38.8 Å². The normalized spacial score (nSPS) is 16.1. The minimum atomic E-state index is -0.825. The summed E-state index contributed by atoms with van der Waals surface area (Å²) in [4.78, 5) is 48.3. The first-order valence-electron chi connectivity index (χ1n) is 10.9. The van der Waals surface area contributed by atoms with Gasteiger partial charge in [-0.25, -0.2) is 13.8 Å². The van der Waals surface area contributed by atoms with Gasteiger partial charge < -0.3 is 15.5 Å². The Labute approximate surface area is 197 Å². The first kappa shape index (κ1) is 23.7. The summed E-state index contributed by atoms with van der Waals surface area (Å²) in [5, 5.41) is 5.91. The molecule has 1 atom stereocenters. The average molecular weight is 491 g/mol. The molecule has 1 aromatic carbocycles. The van der Waals surface area contributed by atoms with E-state index in [2.05, 4.69) is 20.6 Å². The van der Waals surface area contributed by atoms with Crippen LogP contribution in [0.15, 0.2) is 29.3 Å². The third-order valence-electron chi connectivity index (χ3n) is 5.33. The topological polar surface area (TPSA) is 109 Å². The van der Waals surface area contributed by atoms with Gasteiger partial charge in [-0.15, -0.1) is 0 Å². The molecule has 3 aromatic rings. The average Bonchev–Trinajstić information content (AvgIpc) is 3.20. The van der Waals surface area contributed by atoms with Crippen molar-refractivity contribution in [3.8, 4) is 0 Å². The van der Waals surface area contributed by atoms with Gasteiger partial charge in [0.05, 0.1) is 5.92 Å². The molecule has 0 spiro atoms. The summed E-state index contributed by atoms with van der Waals surface area (Å²) in [5.74, 6) is -2.44. The fourth-order valence-electron chi connectivity index (χ4n) is 3.83. The van der Waals surface area contributed by atoms with E-state index in [0.717, 1.165) is 40.9 Å². The second-order valence-electron chi connectivity index (χ2n) is 8.48. The molecule has 1 fully saturated rings. The van der Waals surface area contributed by atoms with Crippen LogP contribution in [0.4, 0.5) is 19.6 Å². The number of fused-ring (bicyclic) bond motifs is 1. The molecule has 9 nitrogen and oxygen atoms in total. The van der Waals surface area contributed by atoms with Crippen molar-refractivity contribution in [2.45, 2.75) is 39.3 Å². The maximum absolute atomic E-state index is 13.3. The molecule has 12 heteroatoms. The second kappa shape index (κ2) is 9.84. The Kier molecular flexibility index (Phi) is 6.87. The lowest BCUT2D eigenvalue weighted by Crippen LogP contribution is -2.44. The van der Waals surface area contributed by atoms with Gasteiger partial charge in [0.15, 0.2) is 10.8 Å². The van der Waals surface area contributed by atoms with E-state index in [9.17, 15) is 23.2 Å². The third kappa shape index (κ3) is 5.38. The third-order valence-corrected chi connectivity index (χ3v) is 6.42. The zero-order chi connectivity index (χ0) is 24.4. The lowest BCUT2D eigenvalue weighted by Gasteiger charge is -2.32. The molecule has 0 saturated carbocycles. The maximum Gasteiger partial charge on any atom is 0.273 e. The van der Waals surface area contributed by atoms with E-state index in [-0.39, 0.29) is 40.4 Å². The number of thiazole rings is 1. The Morgan fingerprint density at radius 3 is 2.68 bits per heavy atom. The van der Waals surface area contributed by atoms with E-state index in [1.54, 1.807) is 0 Å². The van der Waals surface area contributed by atoms with Crippen molar-refractivity contribution < 1.29 is 18.4 Å². The zero-order valence-corrected chi connectivity index (χ0v) is 19.5. The number of nitrogens with one attached hydrogen (secondary N) is 2. The van der Waals surface area contributed by atoms with Gasteiger partial charge in [0.25, 0.3) is 5.56 Å². The van der Waals surface area contributed by atoms with Crippen molar-refractivity contribution in [2.75, 3.05) is 23.3 Å². The fourth-order valence-corrected chi connectivity index (χ4v) is 4.84. The summed E-state index contributed by atoms with van der Waals surface area (Å²) in [6.07, 6.45) is 2.83. The molecule has 4 rings (SSSR count). The molecule has 0 radical (unpaired) electrons. The second-order valence-corrected chi connectivity index (χ2v) is 9.46. The number of halogens is 2. The predicted octanol–water partition coefficient (Wildman–Crippen LogP) is 2.51.